The lowest BCUT2D eigenvalue weighted by Crippen LogP contribution is -2.14. The summed E-state index contributed by atoms with van der Waals surface area (Å²) in [6.45, 7) is -0.0772. The first-order valence-corrected chi connectivity index (χ1v) is 6.18. The molecule has 0 saturated heterocycles. The molecule has 0 aliphatic carbocycles. The summed E-state index contributed by atoms with van der Waals surface area (Å²) in [6.07, 6.45) is 3.25. The van der Waals surface area contributed by atoms with Crippen molar-refractivity contribution in [3.63, 3.8) is 0 Å². The van der Waals surface area contributed by atoms with Crippen LogP contribution in [0.3, 0.4) is 0 Å². The van der Waals surface area contributed by atoms with Gasteiger partial charge >= 0.3 is 0 Å². The third-order valence-corrected chi connectivity index (χ3v) is 2.48. The zero-order valence-electron chi connectivity index (χ0n) is 11.0. The van der Waals surface area contributed by atoms with Crippen LogP contribution in [0.1, 0.15) is 22.3 Å². The van der Waals surface area contributed by atoms with Crippen molar-refractivity contribution in [2.24, 2.45) is 0 Å². The first-order valence-electron chi connectivity index (χ1n) is 6.18. The standard InChI is InChI=1S/C15H12FN3O2/c16-13-10-12(6-5-11(13)4-1-2-9-20)14(21)19-15-17-7-3-8-18-15/h3,5-8,10,20H,2,9H2,(H,17,18,19,21). The average molecular weight is 285 g/mol. The molecule has 1 aromatic carbocycles. The first kappa shape index (κ1) is 14.6. The maximum Gasteiger partial charge on any atom is 0.258 e. The van der Waals surface area contributed by atoms with Crippen LogP contribution >= 0.6 is 0 Å². The number of nitrogens with zero attached hydrogens (tertiary/aromatic N) is 2. The van der Waals surface area contributed by atoms with Gasteiger partial charge in [-0.15, -0.1) is 0 Å². The number of carbonyl (C=O) groups is 1. The van der Waals surface area contributed by atoms with E-state index in [2.05, 4.69) is 27.1 Å². The minimum Gasteiger partial charge on any atom is -0.395 e. The summed E-state index contributed by atoms with van der Waals surface area (Å²) < 4.78 is 13.8. The summed E-state index contributed by atoms with van der Waals surface area (Å²) in [5.41, 5.74) is 0.323. The van der Waals surface area contributed by atoms with Crippen LogP contribution in [0.2, 0.25) is 0 Å². The predicted molar refractivity (Wildman–Crippen MR) is 75.0 cm³/mol. The number of benzene rings is 1. The van der Waals surface area contributed by atoms with Gasteiger partial charge in [0.25, 0.3) is 5.91 Å². The van der Waals surface area contributed by atoms with Crippen molar-refractivity contribution in [1.29, 1.82) is 0 Å². The lowest BCUT2D eigenvalue weighted by molar-refractivity contribution is 0.102. The number of aliphatic hydroxyl groups excluding tert-OH is 1. The van der Waals surface area contributed by atoms with E-state index in [4.69, 9.17) is 5.11 Å². The Bertz CT molecular complexity index is 693. The Morgan fingerprint density at radius 1 is 1.33 bits per heavy atom. The normalized spacial score (nSPS) is 9.62. The van der Waals surface area contributed by atoms with Gasteiger partial charge in [-0.25, -0.2) is 14.4 Å². The molecule has 0 atom stereocenters. The fraction of sp³-hybridized carbons (Fsp3) is 0.133. The van der Waals surface area contributed by atoms with Crippen LogP contribution < -0.4 is 5.32 Å². The number of amides is 1. The monoisotopic (exact) mass is 285 g/mol. The average Bonchev–Trinajstić information content (AvgIpc) is 2.50. The number of carbonyl (C=O) groups excluding carboxylic acids is 1. The second kappa shape index (κ2) is 7.12. The maximum absolute atomic E-state index is 13.8. The molecule has 0 spiro atoms. The quantitative estimate of drug-likeness (QED) is 0.840. The highest BCUT2D eigenvalue weighted by molar-refractivity contribution is 6.03. The molecule has 6 heteroatoms. The molecule has 1 heterocycles. The van der Waals surface area contributed by atoms with Crippen molar-refractivity contribution < 1.29 is 14.3 Å². The van der Waals surface area contributed by atoms with Crippen LogP contribution in [0.4, 0.5) is 10.3 Å². The van der Waals surface area contributed by atoms with Crippen molar-refractivity contribution in [2.75, 3.05) is 11.9 Å². The van der Waals surface area contributed by atoms with Gasteiger partial charge in [0.05, 0.1) is 12.2 Å². The van der Waals surface area contributed by atoms with Gasteiger partial charge in [-0.05, 0) is 24.3 Å². The summed E-state index contributed by atoms with van der Waals surface area (Å²) in [5.74, 6) is 4.26. The largest absolute Gasteiger partial charge is 0.395 e. The molecule has 0 radical (unpaired) electrons. The molecular weight excluding hydrogens is 273 g/mol. The van der Waals surface area contributed by atoms with E-state index in [-0.39, 0.29) is 30.1 Å². The second-order valence-corrected chi connectivity index (χ2v) is 4.00. The predicted octanol–water partition coefficient (Wildman–Crippen LogP) is 1.60. The van der Waals surface area contributed by atoms with Crippen LogP contribution in [-0.4, -0.2) is 27.6 Å². The Morgan fingerprint density at radius 3 is 2.76 bits per heavy atom. The van der Waals surface area contributed by atoms with Gasteiger partial charge in [-0.1, -0.05) is 11.8 Å². The number of rotatable bonds is 3. The number of hydrogen-bond acceptors (Lipinski definition) is 4. The number of aliphatic hydroxyl groups is 1. The van der Waals surface area contributed by atoms with E-state index in [0.29, 0.717) is 0 Å². The Morgan fingerprint density at radius 2 is 2.10 bits per heavy atom. The Kier molecular flexibility index (Phi) is 4.96. The SMILES string of the molecule is O=C(Nc1ncccn1)c1ccc(C#CCCO)c(F)c1. The van der Waals surface area contributed by atoms with Gasteiger partial charge in [0, 0.05) is 24.4 Å². The smallest absolute Gasteiger partial charge is 0.258 e. The molecule has 106 valence electrons. The topological polar surface area (TPSA) is 75.1 Å². The fourth-order valence-corrected chi connectivity index (χ4v) is 1.51. The van der Waals surface area contributed by atoms with E-state index in [1.165, 1.54) is 24.5 Å². The van der Waals surface area contributed by atoms with E-state index in [9.17, 15) is 9.18 Å². The lowest BCUT2D eigenvalue weighted by Gasteiger charge is -2.04. The van der Waals surface area contributed by atoms with Crippen molar-refractivity contribution in [3.05, 3.63) is 53.6 Å². The van der Waals surface area contributed by atoms with E-state index in [0.717, 1.165) is 6.07 Å². The minimum atomic E-state index is -0.595. The zero-order chi connectivity index (χ0) is 15.1. The number of nitrogens with one attached hydrogen (secondary N) is 1. The van der Waals surface area contributed by atoms with Crippen molar-refractivity contribution in [1.82, 2.24) is 9.97 Å². The van der Waals surface area contributed by atoms with Crippen LogP contribution in [0.25, 0.3) is 0 Å². The van der Waals surface area contributed by atoms with Crippen LogP contribution in [-0.2, 0) is 0 Å². The van der Waals surface area contributed by atoms with E-state index >= 15 is 0 Å². The molecule has 0 bridgehead atoms. The molecule has 2 N–H and O–H groups in total. The molecule has 0 fully saturated rings. The molecule has 21 heavy (non-hydrogen) atoms. The summed E-state index contributed by atoms with van der Waals surface area (Å²) in [5, 5.41) is 11.1. The molecule has 0 aliphatic heterocycles. The van der Waals surface area contributed by atoms with E-state index < -0.39 is 11.7 Å². The van der Waals surface area contributed by atoms with Gasteiger partial charge in [-0.3, -0.25) is 10.1 Å². The third-order valence-electron chi connectivity index (χ3n) is 2.48. The highest BCUT2D eigenvalue weighted by Crippen LogP contribution is 2.11. The van der Waals surface area contributed by atoms with E-state index in [1.54, 1.807) is 6.07 Å². The number of anilines is 1. The molecule has 2 rings (SSSR count). The van der Waals surface area contributed by atoms with Crippen molar-refractivity contribution in [2.45, 2.75) is 6.42 Å². The summed E-state index contributed by atoms with van der Waals surface area (Å²) in [4.78, 5) is 19.6. The van der Waals surface area contributed by atoms with Crippen molar-refractivity contribution in [3.8, 4) is 11.8 Å². The van der Waals surface area contributed by atoms with Crippen LogP contribution in [0.15, 0.2) is 36.7 Å². The summed E-state index contributed by atoms with van der Waals surface area (Å²) in [7, 11) is 0. The molecule has 0 saturated carbocycles. The van der Waals surface area contributed by atoms with Crippen LogP contribution in [0.5, 0.6) is 0 Å². The van der Waals surface area contributed by atoms with Crippen molar-refractivity contribution >= 4 is 11.9 Å². The minimum absolute atomic E-state index is 0.0772. The highest BCUT2D eigenvalue weighted by atomic mass is 19.1. The number of hydrogen-bond donors (Lipinski definition) is 2. The summed E-state index contributed by atoms with van der Waals surface area (Å²) >= 11 is 0. The van der Waals surface area contributed by atoms with Gasteiger partial charge in [0.15, 0.2) is 0 Å². The highest BCUT2D eigenvalue weighted by Gasteiger charge is 2.10. The molecule has 0 unspecified atom stereocenters. The molecular formula is C15H12FN3O2. The number of halogens is 1. The first-order chi connectivity index (χ1) is 10.2. The molecule has 1 aromatic heterocycles. The zero-order valence-corrected chi connectivity index (χ0v) is 11.0. The fourth-order valence-electron chi connectivity index (χ4n) is 1.51. The van der Waals surface area contributed by atoms with Crippen LogP contribution in [0, 0.1) is 17.7 Å². The Labute approximate surface area is 120 Å². The molecule has 2 aromatic rings. The molecule has 0 aliphatic rings. The second-order valence-electron chi connectivity index (χ2n) is 4.00. The molecule has 1 amide bonds. The summed E-state index contributed by atoms with van der Waals surface area (Å²) in [6, 6.07) is 5.60. The Balaban J connectivity index is 2.13. The van der Waals surface area contributed by atoms with Gasteiger partial charge < -0.3 is 5.11 Å². The van der Waals surface area contributed by atoms with Gasteiger partial charge in [0.1, 0.15) is 5.82 Å². The van der Waals surface area contributed by atoms with Gasteiger partial charge in [-0.2, -0.15) is 0 Å². The van der Waals surface area contributed by atoms with E-state index in [1.807, 2.05) is 0 Å². The number of aromatic nitrogens is 2. The Hall–Kier alpha value is -2.78. The maximum atomic E-state index is 13.8. The molecule has 5 nitrogen and oxygen atoms in total. The van der Waals surface area contributed by atoms with Gasteiger partial charge in [0.2, 0.25) is 5.95 Å². The third kappa shape index (κ3) is 4.09. The lowest BCUT2D eigenvalue weighted by atomic mass is 10.1.